The van der Waals surface area contributed by atoms with E-state index >= 15 is 0 Å². The first-order chi connectivity index (χ1) is 11.7. The van der Waals surface area contributed by atoms with Crippen LogP contribution in [0.1, 0.15) is 5.89 Å². The van der Waals surface area contributed by atoms with E-state index in [0.717, 1.165) is 5.56 Å². The number of anilines is 2. The lowest BCUT2D eigenvalue weighted by atomic mass is 10.2. The molecule has 0 bridgehead atoms. The highest BCUT2D eigenvalue weighted by Gasteiger charge is 2.09. The van der Waals surface area contributed by atoms with Crippen LogP contribution in [0.4, 0.5) is 16.2 Å². The van der Waals surface area contributed by atoms with Gasteiger partial charge in [0.25, 0.3) is 0 Å². The van der Waals surface area contributed by atoms with E-state index in [2.05, 4.69) is 20.8 Å². The summed E-state index contributed by atoms with van der Waals surface area (Å²) in [5.41, 5.74) is 1.95. The van der Waals surface area contributed by atoms with E-state index < -0.39 is 0 Å². The number of amides is 2. The first kappa shape index (κ1) is 15.5. The van der Waals surface area contributed by atoms with Crippen molar-refractivity contribution < 1.29 is 14.1 Å². The van der Waals surface area contributed by atoms with Gasteiger partial charge in [-0.1, -0.05) is 29.4 Å². The SMILES string of the molecule is COc1ccccc1NC(=O)Nc1cccc(-c2noc(C)n2)c1. The number of rotatable bonds is 4. The van der Waals surface area contributed by atoms with Crippen LogP contribution < -0.4 is 15.4 Å². The number of carbonyl (C=O) groups excluding carboxylic acids is 1. The van der Waals surface area contributed by atoms with Crippen LogP contribution in [0.2, 0.25) is 0 Å². The van der Waals surface area contributed by atoms with Gasteiger partial charge in [0.05, 0.1) is 12.8 Å². The standard InChI is InChI=1S/C17H16N4O3/c1-11-18-16(21-24-11)12-6-5-7-13(10-12)19-17(22)20-14-8-3-4-9-15(14)23-2/h3-10H,1-2H3,(H2,19,20,22). The van der Waals surface area contributed by atoms with Crippen molar-refractivity contribution in [1.82, 2.24) is 10.1 Å². The van der Waals surface area contributed by atoms with E-state index in [1.54, 1.807) is 44.4 Å². The zero-order valence-corrected chi connectivity index (χ0v) is 13.2. The molecule has 0 aliphatic rings. The zero-order chi connectivity index (χ0) is 16.9. The maximum Gasteiger partial charge on any atom is 0.323 e. The van der Waals surface area contributed by atoms with Crippen molar-refractivity contribution in [1.29, 1.82) is 0 Å². The predicted octanol–water partition coefficient (Wildman–Crippen LogP) is 3.70. The van der Waals surface area contributed by atoms with Gasteiger partial charge in [-0.2, -0.15) is 4.98 Å². The maximum absolute atomic E-state index is 12.2. The van der Waals surface area contributed by atoms with Gasteiger partial charge in [0.1, 0.15) is 5.75 Å². The van der Waals surface area contributed by atoms with Crippen molar-refractivity contribution in [3.63, 3.8) is 0 Å². The monoisotopic (exact) mass is 324 g/mol. The molecule has 7 nitrogen and oxygen atoms in total. The van der Waals surface area contributed by atoms with E-state index in [4.69, 9.17) is 9.26 Å². The van der Waals surface area contributed by atoms with Gasteiger partial charge in [-0.3, -0.25) is 0 Å². The molecular weight excluding hydrogens is 308 g/mol. The van der Waals surface area contributed by atoms with E-state index in [0.29, 0.717) is 28.8 Å². The molecule has 3 aromatic rings. The average molecular weight is 324 g/mol. The smallest absolute Gasteiger partial charge is 0.323 e. The van der Waals surface area contributed by atoms with Gasteiger partial charge in [-0.25, -0.2) is 4.79 Å². The van der Waals surface area contributed by atoms with Crippen molar-refractivity contribution >= 4 is 17.4 Å². The molecular formula is C17H16N4O3. The number of urea groups is 1. The molecule has 0 aliphatic carbocycles. The Hall–Kier alpha value is -3.35. The molecule has 122 valence electrons. The molecule has 0 saturated carbocycles. The van der Waals surface area contributed by atoms with Gasteiger partial charge in [-0.05, 0) is 24.3 Å². The largest absolute Gasteiger partial charge is 0.495 e. The number of benzene rings is 2. The summed E-state index contributed by atoms with van der Waals surface area (Å²) in [5.74, 6) is 1.54. The second kappa shape index (κ2) is 6.82. The molecule has 0 aliphatic heterocycles. The molecule has 7 heteroatoms. The number of methoxy groups -OCH3 is 1. The van der Waals surface area contributed by atoms with Gasteiger partial charge in [0, 0.05) is 18.2 Å². The summed E-state index contributed by atoms with van der Waals surface area (Å²) in [5, 5.41) is 9.38. The van der Waals surface area contributed by atoms with E-state index in [1.807, 2.05) is 18.2 Å². The molecule has 0 fully saturated rings. The average Bonchev–Trinajstić information content (AvgIpc) is 3.02. The Balaban J connectivity index is 1.73. The minimum Gasteiger partial charge on any atom is -0.495 e. The Labute approximate surface area is 138 Å². The quantitative estimate of drug-likeness (QED) is 0.764. The number of hydrogen-bond donors (Lipinski definition) is 2. The fourth-order valence-electron chi connectivity index (χ4n) is 2.19. The third-order valence-corrected chi connectivity index (χ3v) is 3.26. The number of para-hydroxylation sites is 2. The highest BCUT2D eigenvalue weighted by atomic mass is 16.5. The van der Waals surface area contributed by atoms with Gasteiger partial charge < -0.3 is 19.9 Å². The molecule has 2 N–H and O–H groups in total. The molecule has 0 atom stereocenters. The first-order valence-corrected chi connectivity index (χ1v) is 7.27. The molecule has 0 saturated heterocycles. The lowest BCUT2D eigenvalue weighted by Crippen LogP contribution is -2.19. The van der Waals surface area contributed by atoms with Gasteiger partial charge in [-0.15, -0.1) is 0 Å². The second-order valence-electron chi connectivity index (χ2n) is 5.00. The highest BCUT2D eigenvalue weighted by Crippen LogP contribution is 2.24. The first-order valence-electron chi connectivity index (χ1n) is 7.27. The van der Waals surface area contributed by atoms with Crippen LogP contribution in [-0.2, 0) is 0 Å². The Kier molecular flexibility index (Phi) is 4.42. The number of nitrogens with one attached hydrogen (secondary N) is 2. The van der Waals surface area contributed by atoms with E-state index in [1.165, 1.54) is 0 Å². The Bertz CT molecular complexity index is 860. The summed E-state index contributed by atoms with van der Waals surface area (Å²) in [4.78, 5) is 16.3. The van der Waals surface area contributed by atoms with Crippen LogP contribution in [0.15, 0.2) is 53.1 Å². The lowest BCUT2D eigenvalue weighted by Gasteiger charge is -2.11. The van der Waals surface area contributed by atoms with Crippen molar-refractivity contribution in [3.05, 3.63) is 54.4 Å². The van der Waals surface area contributed by atoms with E-state index in [9.17, 15) is 4.79 Å². The molecule has 2 amide bonds. The van der Waals surface area contributed by atoms with Crippen LogP contribution >= 0.6 is 0 Å². The summed E-state index contributed by atoms with van der Waals surface area (Å²) >= 11 is 0. The van der Waals surface area contributed by atoms with Crippen molar-refractivity contribution in [2.75, 3.05) is 17.7 Å². The molecule has 1 aromatic heterocycles. The van der Waals surface area contributed by atoms with Crippen molar-refractivity contribution in [2.24, 2.45) is 0 Å². The van der Waals surface area contributed by atoms with E-state index in [-0.39, 0.29) is 6.03 Å². The number of ether oxygens (including phenoxy) is 1. The Morgan fingerprint density at radius 1 is 1.12 bits per heavy atom. The number of aryl methyl sites for hydroxylation is 1. The van der Waals surface area contributed by atoms with Gasteiger partial charge in [0.15, 0.2) is 0 Å². The third-order valence-electron chi connectivity index (χ3n) is 3.26. The number of nitrogens with zero attached hydrogens (tertiary/aromatic N) is 2. The molecule has 3 rings (SSSR count). The summed E-state index contributed by atoms with van der Waals surface area (Å²) in [6.45, 7) is 1.72. The Morgan fingerprint density at radius 2 is 1.96 bits per heavy atom. The minimum absolute atomic E-state index is 0.374. The summed E-state index contributed by atoms with van der Waals surface area (Å²) < 4.78 is 10.2. The topological polar surface area (TPSA) is 89.3 Å². The maximum atomic E-state index is 12.2. The zero-order valence-electron chi connectivity index (χ0n) is 13.2. The summed E-state index contributed by atoms with van der Waals surface area (Å²) in [6.07, 6.45) is 0. The number of carbonyl (C=O) groups is 1. The molecule has 0 radical (unpaired) electrons. The fraction of sp³-hybridized carbons (Fsp3) is 0.118. The number of aromatic nitrogens is 2. The molecule has 24 heavy (non-hydrogen) atoms. The number of hydrogen-bond acceptors (Lipinski definition) is 5. The minimum atomic E-state index is -0.374. The third kappa shape index (κ3) is 3.52. The second-order valence-corrected chi connectivity index (χ2v) is 5.00. The summed E-state index contributed by atoms with van der Waals surface area (Å²) in [7, 11) is 1.55. The molecule has 0 unspecified atom stereocenters. The highest BCUT2D eigenvalue weighted by molar-refractivity contribution is 6.00. The van der Waals surface area contributed by atoms with Crippen LogP contribution in [0, 0.1) is 6.92 Å². The van der Waals surface area contributed by atoms with Gasteiger partial charge >= 0.3 is 6.03 Å². The predicted molar refractivity (Wildman–Crippen MR) is 90.1 cm³/mol. The van der Waals surface area contributed by atoms with Gasteiger partial charge in [0.2, 0.25) is 11.7 Å². The molecule has 1 heterocycles. The van der Waals surface area contributed by atoms with Crippen LogP contribution in [-0.4, -0.2) is 23.3 Å². The van der Waals surface area contributed by atoms with Crippen molar-refractivity contribution in [3.8, 4) is 17.1 Å². The van der Waals surface area contributed by atoms with Crippen LogP contribution in [0.25, 0.3) is 11.4 Å². The normalized spacial score (nSPS) is 10.2. The molecule has 2 aromatic carbocycles. The van der Waals surface area contributed by atoms with Crippen LogP contribution in [0.5, 0.6) is 5.75 Å². The van der Waals surface area contributed by atoms with Crippen molar-refractivity contribution in [2.45, 2.75) is 6.92 Å². The van der Waals surface area contributed by atoms with Crippen LogP contribution in [0.3, 0.4) is 0 Å². The Morgan fingerprint density at radius 3 is 2.71 bits per heavy atom. The fourth-order valence-corrected chi connectivity index (χ4v) is 2.19. The molecule has 0 spiro atoms. The summed E-state index contributed by atoms with van der Waals surface area (Å²) in [6, 6.07) is 14.0. The lowest BCUT2D eigenvalue weighted by molar-refractivity contribution is 0.262.